The van der Waals surface area contributed by atoms with Crippen molar-refractivity contribution in [2.75, 3.05) is 50.2 Å². The summed E-state index contributed by atoms with van der Waals surface area (Å²) in [4.78, 5) is 108. The largest absolute Gasteiger partial charge is 0.476 e. The number of phosphoric acid groups is 1. The molecule has 47 nitrogen and oxygen atoms in total. The molecule has 141 heavy (non-hydrogen) atoms. The molecule has 5 fully saturated rings. The van der Waals surface area contributed by atoms with Crippen LogP contribution in [0.5, 0.6) is 23.1 Å². The van der Waals surface area contributed by atoms with Crippen LogP contribution in [0.15, 0.2) is 153 Å². The van der Waals surface area contributed by atoms with Crippen LogP contribution < -0.4 is 73.4 Å². The number of hydrogen-bond acceptors (Lipinski definition) is 39. The number of terminal acetylenes is 4. The second-order valence-electron chi connectivity index (χ2n) is 34.4. The van der Waals surface area contributed by atoms with Gasteiger partial charge in [0.1, 0.15) is 118 Å². The summed E-state index contributed by atoms with van der Waals surface area (Å²) in [5.41, 5.74) is 9.69. The minimum Gasteiger partial charge on any atom is -0.476 e. The summed E-state index contributed by atoms with van der Waals surface area (Å²) >= 11 is 0. The lowest BCUT2D eigenvalue weighted by atomic mass is 9.83. The average Bonchev–Trinajstić information content (AvgIpc) is 1.58. The number of fused-ring (bicyclic) bond motifs is 2. The maximum atomic E-state index is 13.9. The number of aliphatic hydroxyl groups excluding tert-OH is 3. The molecule has 0 radical (unpaired) electrons. The number of ether oxygens (including phenoxy) is 8. The molecule has 8 aromatic rings. The molecule has 5 aliphatic rings. The summed E-state index contributed by atoms with van der Waals surface area (Å²) in [6.45, 7) is 24.9. The van der Waals surface area contributed by atoms with E-state index in [0.717, 1.165) is 15.2 Å². The summed E-state index contributed by atoms with van der Waals surface area (Å²) < 4.78 is 154. The number of nitrogens with zero attached hydrogens (tertiary/aromatic N) is 9. The van der Waals surface area contributed by atoms with Crippen molar-refractivity contribution >= 4 is 77.7 Å². The van der Waals surface area contributed by atoms with Crippen LogP contribution in [0.2, 0.25) is 0 Å². The molecular formula is C90H116N16O31P4. The lowest BCUT2D eigenvalue weighted by Gasteiger charge is -2.35. The van der Waals surface area contributed by atoms with Crippen LogP contribution >= 0.6 is 31.1 Å². The molecule has 5 aliphatic heterocycles. The first-order valence-electron chi connectivity index (χ1n) is 44.1. The van der Waals surface area contributed by atoms with E-state index in [1.165, 1.54) is 80.8 Å². The molecule has 23 atom stereocenters. The summed E-state index contributed by atoms with van der Waals surface area (Å²) in [7, 11) is -16.5. The molecule has 762 valence electrons. The lowest BCUT2D eigenvalue weighted by molar-refractivity contribution is -0.150. The Bertz CT molecular complexity index is 6350. The zero-order chi connectivity index (χ0) is 104. The number of aromatic nitrogens is 10. The van der Waals surface area contributed by atoms with Crippen LogP contribution in [0.4, 0.5) is 17.6 Å². The Hall–Kier alpha value is -11.8. The second kappa shape index (κ2) is 46.9. The third kappa shape index (κ3) is 27.0. The van der Waals surface area contributed by atoms with Gasteiger partial charge in [-0.1, -0.05) is 78.3 Å². The highest BCUT2D eigenvalue weighted by Gasteiger charge is 2.62. The number of rotatable bonds is 35. The third-order valence-corrected chi connectivity index (χ3v) is 28.4. The number of carbonyl (C=O) groups excluding carboxylic acids is 3. The van der Waals surface area contributed by atoms with E-state index < -0.39 is 217 Å². The van der Waals surface area contributed by atoms with Gasteiger partial charge in [0.2, 0.25) is 11.8 Å². The number of H-pyrrole nitrogens is 1. The number of para-hydroxylation sites is 3. The molecular weight excluding hydrogens is 1920 g/mol. The predicted molar refractivity (Wildman–Crippen MR) is 507 cm³/mol. The van der Waals surface area contributed by atoms with E-state index in [1.54, 1.807) is 167 Å². The molecule has 0 spiro atoms. The van der Waals surface area contributed by atoms with Gasteiger partial charge < -0.3 is 84.0 Å². The van der Waals surface area contributed by atoms with Crippen LogP contribution in [0.25, 0.3) is 11.2 Å². The molecule has 3 aromatic carbocycles. The standard InChI is InChI=1S/C27H35N6O8P.C24H31N4O8P.C24H30N3O9P.C15H20N3O6P/c1-7-27(6)21(34)19(40-25(27)33-15-29-20-22(33)30-26(28)31-23(20)37-8-2)14-38-42(36,41-18-12-10-9-11-13-18)32-17(5)24(35)39-16(3)4;1-6-24(5)20(29)18(35-22(24)28-13-12-19(25)26-23(28)31)14-33-37(32,36-17-10-8-7-9-11-17)27-16(4)21(30)34-15(2)3;1-6-24(5)20(29)18(35-22(24)27-13-12-19(28)25-23(27)31)14-33-37(32,36-17-10-8-7-9-11-17)26-16(4)21(30)34-15(2)3;1-5-15(4)12-10(8-21-25(20,24-12)23-9(2)3)22-13(15)18-7-6-11(16)17-14(18)19/h1,9-13,15-17,19,21,25,34H,8,14H2,2-6H3,(H,32,36)(H2,28,30,31);1,7-13,15-16,18,20,22,29H,14H2,2-5H3,(H,27,32)(H2,25,26,31);1,7-13,15-16,18,20,22,29H,14H2,2-5H3,(H,26,32)(H,25,28,31);1,6-7,9-10,12-13H,8H2,2-4H3,(H2,16,17,19)/t17-,19+,21+,25+,27+,42?;2*16-,18+,20+,22+,24+,37?;10-,12-,13-,15-,25?/m0001/s1. The molecule has 5 aromatic heterocycles. The zero-order valence-electron chi connectivity index (χ0n) is 79.8. The Labute approximate surface area is 811 Å². The van der Waals surface area contributed by atoms with Gasteiger partial charge in [-0.05, 0) is 159 Å². The fraction of sp³-hybridized carbons (Fsp3) is 0.489. The number of anilines is 3. The fourth-order valence-corrected chi connectivity index (χ4v) is 20.8. The molecule has 13 N–H and O–H groups in total. The van der Waals surface area contributed by atoms with E-state index in [0.29, 0.717) is 12.1 Å². The predicted octanol–water partition coefficient (Wildman–Crippen LogP) is 7.57. The normalized spacial score (nSPS) is 27.4. The first kappa shape index (κ1) is 111. The quantitative estimate of drug-likeness (QED) is 0.00791. The SMILES string of the molecule is C#C[C@]1(C)[C@@H]2OP(=O)(OC(C)C)OC[C@H]2O[C@H]1n1ccc(N)nc1=O.C#C[C@]1(C)[C@H](O)[C@@H](COP(=O)(N[C@@H](C)C(=O)OC(C)C)Oc2ccccc2)O[C@H]1n1ccc(=O)[nH]c1=O.C#C[C@]1(C)[C@H](O)[C@@H](COP(=O)(N[C@@H](C)C(=O)OC(C)C)Oc2ccccc2)O[C@H]1n1ccc(N)nc1=O.C#C[C@]1(C)[C@H](O)[C@@H](COP(=O)(N[C@@H](C)C(=O)OC(C)C)Oc2ccccc2)O[C@H]1n1cnc2c(OCC)nc(N)nc21. The maximum Gasteiger partial charge on any atom is 0.475 e. The highest BCUT2D eigenvalue weighted by Crippen LogP contribution is 2.62. The Morgan fingerprint density at radius 3 is 1.23 bits per heavy atom. The number of aliphatic hydroxyl groups is 3. The van der Waals surface area contributed by atoms with Gasteiger partial charge in [-0.15, -0.1) is 25.7 Å². The van der Waals surface area contributed by atoms with E-state index >= 15 is 0 Å². The highest BCUT2D eigenvalue weighted by atomic mass is 31.2. The maximum absolute atomic E-state index is 13.9. The molecule has 13 rings (SSSR count). The molecule has 10 heterocycles. The van der Waals surface area contributed by atoms with Crippen LogP contribution in [0.3, 0.4) is 0 Å². The van der Waals surface area contributed by atoms with Gasteiger partial charge in [0.05, 0.1) is 63.8 Å². The summed E-state index contributed by atoms with van der Waals surface area (Å²) in [5, 5.41) is 41.0. The Morgan fingerprint density at radius 2 is 0.879 bits per heavy atom. The van der Waals surface area contributed by atoms with E-state index in [-0.39, 0.29) is 65.2 Å². The number of esters is 3. The molecule has 0 amide bonds. The van der Waals surface area contributed by atoms with Crippen molar-refractivity contribution in [3.05, 3.63) is 176 Å². The number of nitrogens with one attached hydrogen (secondary N) is 4. The fourth-order valence-electron chi connectivity index (χ4n) is 14.7. The number of hydrogen-bond donors (Lipinski definition) is 10. The van der Waals surface area contributed by atoms with Crippen molar-refractivity contribution in [3.8, 4) is 72.5 Å². The van der Waals surface area contributed by atoms with Crippen molar-refractivity contribution in [2.24, 2.45) is 21.7 Å². The van der Waals surface area contributed by atoms with Gasteiger partial charge in [0.25, 0.3) is 5.56 Å². The minimum atomic E-state index is -4.24. The van der Waals surface area contributed by atoms with Gasteiger partial charge in [0, 0.05) is 24.7 Å². The van der Waals surface area contributed by atoms with Crippen molar-refractivity contribution in [2.45, 2.75) is 227 Å². The monoisotopic (exact) mass is 2040 g/mol. The number of aromatic amines is 1. The Balaban J connectivity index is 0.000000196. The molecule has 0 aliphatic carbocycles. The van der Waals surface area contributed by atoms with Gasteiger partial charge in [-0.2, -0.15) is 35.2 Å². The van der Waals surface area contributed by atoms with E-state index in [9.17, 15) is 67.1 Å². The van der Waals surface area contributed by atoms with Gasteiger partial charge in [-0.25, -0.2) is 37.6 Å². The molecule has 0 bridgehead atoms. The zero-order valence-corrected chi connectivity index (χ0v) is 83.4. The van der Waals surface area contributed by atoms with Gasteiger partial charge >= 0.3 is 66.0 Å². The highest BCUT2D eigenvalue weighted by molar-refractivity contribution is 7.52. The third-order valence-electron chi connectivity index (χ3n) is 21.9. The lowest BCUT2D eigenvalue weighted by Crippen LogP contribution is -2.43. The number of phosphoric ester groups is 1. The second-order valence-corrected chi connectivity index (χ2v) is 41.1. The van der Waals surface area contributed by atoms with Crippen molar-refractivity contribution in [1.29, 1.82) is 0 Å². The minimum absolute atomic E-state index is 0.0114. The van der Waals surface area contributed by atoms with Gasteiger partial charge in [-0.3, -0.25) is 69.6 Å². The summed E-state index contributed by atoms with van der Waals surface area (Å²) in [6, 6.07) is 25.4. The van der Waals surface area contributed by atoms with Crippen molar-refractivity contribution in [3.63, 3.8) is 0 Å². The number of imidazole rings is 1. The first-order valence-corrected chi connectivity index (χ1v) is 50.2. The first-order chi connectivity index (χ1) is 66.3. The Morgan fingerprint density at radius 1 is 0.518 bits per heavy atom. The smallest absolute Gasteiger partial charge is 0.475 e. The van der Waals surface area contributed by atoms with Crippen molar-refractivity contribution in [1.82, 2.24) is 63.4 Å². The number of nitrogens with two attached hydrogens (primary N) is 3. The van der Waals surface area contributed by atoms with E-state index in [1.807, 2.05) is 0 Å². The number of nitrogen functional groups attached to an aromatic ring is 3. The van der Waals surface area contributed by atoms with Crippen molar-refractivity contribution < 1.29 is 127 Å². The molecule has 51 heteroatoms. The summed E-state index contributed by atoms with van der Waals surface area (Å²) in [6.07, 6.45) is 14.1. The Kier molecular flexibility index (Phi) is 37.0. The topological polar surface area (TPSA) is 619 Å². The molecule has 4 unspecified atom stereocenters. The van der Waals surface area contributed by atoms with Gasteiger partial charge in [0.15, 0.2) is 36.1 Å². The van der Waals surface area contributed by atoms with E-state index in [2.05, 4.69) is 68.8 Å². The van der Waals surface area contributed by atoms with Crippen LogP contribution in [-0.4, -0.2) is 206 Å². The van der Waals surface area contributed by atoms with Crippen LogP contribution in [0.1, 0.15) is 136 Å². The van der Waals surface area contributed by atoms with Crippen LogP contribution in [-0.2, 0) is 92.9 Å². The molecule has 5 saturated heterocycles. The average molecular weight is 2040 g/mol. The summed E-state index contributed by atoms with van der Waals surface area (Å²) in [5.74, 6) is 9.06. The molecule has 0 saturated carbocycles. The number of benzene rings is 3. The van der Waals surface area contributed by atoms with Crippen LogP contribution in [0, 0.1) is 71.0 Å². The van der Waals surface area contributed by atoms with E-state index in [4.69, 9.17) is 122 Å². The number of carbonyl (C=O) groups is 3.